The van der Waals surface area contributed by atoms with Gasteiger partial charge < -0.3 is 31.5 Å². The minimum atomic E-state index is -1.31. The maximum absolute atomic E-state index is 13.6. The monoisotopic (exact) mass is 658 g/mol. The first kappa shape index (κ1) is 36.0. The lowest BCUT2D eigenvalue weighted by Crippen LogP contribution is -2.60. The van der Waals surface area contributed by atoms with E-state index in [1.54, 1.807) is 12.1 Å². The second kappa shape index (κ2) is 16.8. The van der Waals surface area contributed by atoms with Crippen LogP contribution >= 0.6 is 0 Å². The number of nitrogens with zero attached hydrogens (tertiary/aromatic N) is 2. The molecule has 2 aromatic carbocycles. The number of β-amino-alcohol motifs (C(OH)–C–C–N with tert-alkyl or cyclic N) is 1. The molecule has 1 aromatic heterocycles. The number of nitrogens with two attached hydrogens (primary N) is 1. The molecule has 12 heteroatoms. The minimum absolute atomic E-state index is 0.0683. The highest BCUT2D eigenvalue weighted by Gasteiger charge is 2.38. The smallest absolute Gasteiger partial charge is 0.270 e. The van der Waals surface area contributed by atoms with Crippen LogP contribution in [0.25, 0.3) is 0 Å². The van der Waals surface area contributed by atoms with E-state index in [2.05, 4.69) is 20.9 Å². The Hall–Kier alpha value is -4.81. The molecule has 2 heterocycles. The molecule has 0 aliphatic carbocycles. The number of rotatable bonds is 14. The number of para-hydroxylation sites is 1. The maximum atomic E-state index is 13.6. The zero-order chi connectivity index (χ0) is 34.7. The maximum Gasteiger partial charge on any atom is 0.270 e. The van der Waals surface area contributed by atoms with E-state index in [4.69, 9.17) is 10.5 Å². The van der Waals surface area contributed by atoms with Gasteiger partial charge >= 0.3 is 0 Å². The molecule has 0 unspecified atom stereocenters. The predicted octanol–water partition coefficient (Wildman–Crippen LogP) is 1.97. The van der Waals surface area contributed by atoms with Crippen molar-refractivity contribution in [1.82, 2.24) is 25.8 Å². The van der Waals surface area contributed by atoms with Gasteiger partial charge in [0.15, 0.2) is 0 Å². The van der Waals surface area contributed by atoms with E-state index in [0.717, 1.165) is 11.3 Å². The summed E-state index contributed by atoms with van der Waals surface area (Å²) in [7, 11) is 0. The molecule has 0 bridgehead atoms. The van der Waals surface area contributed by atoms with E-state index in [1.807, 2.05) is 86.3 Å². The van der Waals surface area contributed by atoms with Gasteiger partial charge in [0.25, 0.3) is 5.91 Å². The molecule has 1 fully saturated rings. The lowest BCUT2D eigenvalue weighted by molar-refractivity contribution is -0.132. The third kappa shape index (κ3) is 11.2. The van der Waals surface area contributed by atoms with E-state index >= 15 is 0 Å². The van der Waals surface area contributed by atoms with Crippen LogP contribution in [-0.4, -0.2) is 87.6 Å². The van der Waals surface area contributed by atoms with Gasteiger partial charge in [-0.1, -0.05) is 54.6 Å². The lowest BCUT2D eigenvalue weighted by atomic mass is 9.94. The van der Waals surface area contributed by atoms with Gasteiger partial charge in [0.2, 0.25) is 17.7 Å². The van der Waals surface area contributed by atoms with Crippen molar-refractivity contribution in [2.45, 2.75) is 82.3 Å². The third-order valence-electron chi connectivity index (χ3n) is 7.95. The van der Waals surface area contributed by atoms with Crippen molar-refractivity contribution >= 4 is 23.6 Å². The molecule has 1 aliphatic rings. The zero-order valence-corrected chi connectivity index (χ0v) is 27.7. The Bertz CT molecular complexity index is 1500. The Morgan fingerprint density at radius 2 is 1.65 bits per heavy atom. The third-order valence-corrected chi connectivity index (χ3v) is 7.95. The number of hydrogen-bond donors (Lipinski definition) is 5. The molecule has 6 N–H and O–H groups in total. The first-order valence-corrected chi connectivity index (χ1v) is 16.2. The molecule has 1 aliphatic heterocycles. The Balaban J connectivity index is 1.53. The first-order valence-electron chi connectivity index (χ1n) is 16.2. The van der Waals surface area contributed by atoms with Gasteiger partial charge in [0, 0.05) is 31.2 Å². The van der Waals surface area contributed by atoms with Gasteiger partial charge in [-0.2, -0.15) is 0 Å². The normalized spacial score (nSPS) is 18.5. The Morgan fingerprint density at radius 1 is 0.979 bits per heavy atom. The number of carbonyl (C=O) groups is 4. The molecular formula is C36H46N6O6. The number of benzene rings is 2. The minimum Gasteiger partial charge on any atom is -0.490 e. The average molecular weight is 659 g/mol. The van der Waals surface area contributed by atoms with Gasteiger partial charge in [-0.05, 0) is 63.4 Å². The summed E-state index contributed by atoms with van der Waals surface area (Å²) >= 11 is 0. The first-order chi connectivity index (χ1) is 22.9. The van der Waals surface area contributed by atoms with Crippen LogP contribution in [0.15, 0.2) is 85.1 Å². The summed E-state index contributed by atoms with van der Waals surface area (Å²) in [5.74, 6) is -1.58. The molecule has 12 nitrogen and oxygen atoms in total. The van der Waals surface area contributed by atoms with E-state index in [9.17, 15) is 24.3 Å². The molecular weight excluding hydrogens is 612 g/mol. The highest BCUT2D eigenvalue weighted by molar-refractivity contribution is 5.97. The fourth-order valence-corrected chi connectivity index (χ4v) is 5.67. The fraction of sp³-hybridized carbons (Fsp3) is 0.417. The molecule has 5 atom stereocenters. The van der Waals surface area contributed by atoms with Crippen LogP contribution in [0, 0.1) is 0 Å². The lowest BCUT2D eigenvalue weighted by Gasteiger charge is -2.41. The van der Waals surface area contributed by atoms with Gasteiger partial charge in [-0.15, -0.1) is 0 Å². The van der Waals surface area contributed by atoms with Gasteiger partial charge in [0.1, 0.15) is 23.6 Å². The molecule has 0 radical (unpaired) electrons. The van der Waals surface area contributed by atoms with Crippen molar-refractivity contribution in [2.75, 3.05) is 13.1 Å². The van der Waals surface area contributed by atoms with Crippen molar-refractivity contribution in [1.29, 1.82) is 0 Å². The van der Waals surface area contributed by atoms with Crippen LogP contribution in [0.1, 0.15) is 56.1 Å². The van der Waals surface area contributed by atoms with Gasteiger partial charge in [-0.25, -0.2) is 0 Å². The fourth-order valence-electron chi connectivity index (χ4n) is 5.67. The summed E-state index contributed by atoms with van der Waals surface area (Å²) in [6, 6.07) is 20.8. The standard InChI is InChI=1S/C36H46N6O6/c1-36(2,3)41-35(47)30-21-26(48-25-14-8-5-9-15-25)17-19-42(30)23-31(43)28(20-24-12-6-4-7-13-24)39-34(46)29(22-32(37)44)40-33(45)27-16-10-11-18-38-27/h4-16,18,26,28-31,43H,17,19-23H2,1-3H3,(H2,37,44)(H,39,46)(H,40,45)(H,41,47)/t26-,28+,29+,30+,31-/m1/s1. The Kier molecular flexibility index (Phi) is 12.6. The van der Waals surface area contributed by atoms with Crippen LogP contribution < -0.4 is 26.4 Å². The largest absolute Gasteiger partial charge is 0.490 e. The van der Waals surface area contributed by atoms with Crippen molar-refractivity contribution in [3.05, 3.63) is 96.3 Å². The number of hydrogen-bond acceptors (Lipinski definition) is 8. The van der Waals surface area contributed by atoms with Crippen LogP contribution in [0.3, 0.4) is 0 Å². The highest BCUT2D eigenvalue weighted by atomic mass is 16.5. The number of carbonyl (C=O) groups excluding carboxylic acids is 4. The van der Waals surface area contributed by atoms with Crippen molar-refractivity contribution in [3.8, 4) is 5.75 Å². The average Bonchev–Trinajstić information content (AvgIpc) is 3.05. The quantitative estimate of drug-likeness (QED) is 0.175. The van der Waals surface area contributed by atoms with Gasteiger partial charge in [0.05, 0.1) is 24.6 Å². The summed E-state index contributed by atoms with van der Waals surface area (Å²) in [5, 5.41) is 20.2. The number of pyridine rings is 1. The van der Waals surface area contributed by atoms with E-state index in [0.29, 0.717) is 19.4 Å². The molecule has 3 aromatic rings. The summed E-state index contributed by atoms with van der Waals surface area (Å²) < 4.78 is 6.22. The summed E-state index contributed by atoms with van der Waals surface area (Å²) in [4.78, 5) is 57.9. The van der Waals surface area contributed by atoms with Crippen molar-refractivity contribution in [2.24, 2.45) is 5.73 Å². The molecule has 1 saturated heterocycles. The molecule has 4 amide bonds. The second-order valence-corrected chi connectivity index (χ2v) is 13.1. The highest BCUT2D eigenvalue weighted by Crippen LogP contribution is 2.24. The number of aromatic nitrogens is 1. The van der Waals surface area contributed by atoms with Crippen molar-refractivity contribution < 1.29 is 29.0 Å². The number of aliphatic hydroxyl groups excluding tert-OH is 1. The summed E-state index contributed by atoms with van der Waals surface area (Å²) in [6.07, 6.45) is 0.909. The van der Waals surface area contributed by atoms with Crippen LogP contribution in [0.2, 0.25) is 0 Å². The zero-order valence-electron chi connectivity index (χ0n) is 27.7. The van der Waals surface area contributed by atoms with Crippen LogP contribution in [0.5, 0.6) is 5.75 Å². The predicted molar refractivity (Wildman–Crippen MR) is 181 cm³/mol. The number of piperidine rings is 1. The van der Waals surface area contributed by atoms with Gasteiger partial charge in [-0.3, -0.25) is 29.1 Å². The molecule has 0 spiro atoms. The number of nitrogens with one attached hydrogen (secondary N) is 3. The Morgan fingerprint density at radius 3 is 2.27 bits per heavy atom. The topological polar surface area (TPSA) is 176 Å². The summed E-state index contributed by atoms with van der Waals surface area (Å²) in [6.45, 7) is 6.26. The van der Waals surface area contributed by atoms with E-state index in [-0.39, 0.29) is 30.7 Å². The number of likely N-dealkylation sites (tertiary alicyclic amines) is 1. The molecule has 48 heavy (non-hydrogen) atoms. The van der Waals surface area contributed by atoms with Crippen LogP contribution in [-0.2, 0) is 20.8 Å². The molecule has 256 valence electrons. The second-order valence-electron chi connectivity index (χ2n) is 13.1. The molecule has 4 rings (SSSR count). The number of amides is 4. The van der Waals surface area contributed by atoms with E-state index in [1.165, 1.54) is 12.3 Å². The van der Waals surface area contributed by atoms with Crippen LogP contribution in [0.4, 0.5) is 0 Å². The molecule has 0 saturated carbocycles. The SMILES string of the molecule is CC(C)(C)NC(=O)[C@@H]1C[C@H](Oc2ccccc2)CCN1C[C@@H](O)[C@H](Cc1ccccc1)NC(=O)[C@H](CC(N)=O)NC(=O)c1ccccn1. The van der Waals surface area contributed by atoms with Crippen molar-refractivity contribution in [3.63, 3.8) is 0 Å². The van der Waals surface area contributed by atoms with E-state index < -0.39 is 53.9 Å². The number of aliphatic hydroxyl groups is 1. The Labute approximate surface area is 281 Å². The summed E-state index contributed by atoms with van der Waals surface area (Å²) in [5.41, 5.74) is 5.88. The number of ether oxygens (including phenoxy) is 1. The number of primary amides is 1.